The topological polar surface area (TPSA) is 97.1 Å². The summed E-state index contributed by atoms with van der Waals surface area (Å²) in [5.41, 5.74) is 11.5. The Morgan fingerprint density at radius 3 is 2.61 bits per heavy atom. The van der Waals surface area contributed by atoms with Crippen LogP contribution >= 0.6 is 0 Å². The summed E-state index contributed by atoms with van der Waals surface area (Å²) in [4.78, 5) is 22.0. The molecule has 1 fully saturated rings. The van der Waals surface area contributed by atoms with E-state index in [4.69, 9.17) is 11.5 Å². The highest BCUT2D eigenvalue weighted by atomic mass is 19.1. The number of rotatable bonds is 2. The van der Waals surface area contributed by atoms with Crippen LogP contribution in [0.4, 0.5) is 10.1 Å². The van der Waals surface area contributed by atoms with Gasteiger partial charge in [-0.3, -0.25) is 9.69 Å². The van der Waals surface area contributed by atoms with Crippen molar-refractivity contribution in [2.24, 2.45) is 21.5 Å². The van der Waals surface area contributed by atoms with E-state index in [2.05, 4.69) is 9.98 Å². The van der Waals surface area contributed by atoms with Crippen molar-refractivity contribution in [3.8, 4) is 0 Å². The molecule has 1 heterocycles. The number of carbonyl (C=O) groups excluding carboxylic acids is 1. The minimum atomic E-state index is -0.763. The van der Waals surface area contributed by atoms with Crippen molar-refractivity contribution >= 4 is 23.4 Å². The van der Waals surface area contributed by atoms with Gasteiger partial charge in [-0.1, -0.05) is 12.5 Å². The number of para-hydroxylation sites is 1. The van der Waals surface area contributed by atoms with Crippen LogP contribution in [0, 0.1) is 5.82 Å². The van der Waals surface area contributed by atoms with Gasteiger partial charge in [-0.25, -0.2) is 9.38 Å². The van der Waals surface area contributed by atoms with Gasteiger partial charge in [0.2, 0.25) is 11.9 Å². The number of nitrogens with two attached hydrogens (primary N) is 2. The van der Waals surface area contributed by atoms with Gasteiger partial charge in [0.25, 0.3) is 0 Å². The fourth-order valence-electron chi connectivity index (χ4n) is 3.47. The maximum Gasteiger partial charge on any atom is 0.220 e. The Bertz CT molecular complexity index is 706. The molecule has 0 bridgehead atoms. The normalized spacial score (nSPS) is 20.2. The number of halogens is 1. The standard InChI is InChI=1S/C16H20FN5O/c1-10(23)11-6-5-7-12(17)13(11)22-15(19)20-14(18)21-16(22)8-3-2-4-9-16/h5-7H,2-4,8-9H2,1H3,(H4,18,19,20,21). The number of ketones is 1. The largest absolute Gasteiger partial charge is 0.369 e. The van der Waals surface area contributed by atoms with Crippen LogP contribution in [0.3, 0.4) is 0 Å². The van der Waals surface area contributed by atoms with Crippen molar-refractivity contribution in [3.63, 3.8) is 0 Å². The molecule has 0 saturated heterocycles. The third-order valence-corrected chi connectivity index (χ3v) is 4.44. The Morgan fingerprint density at radius 1 is 1.26 bits per heavy atom. The molecule has 6 nitrogen and oxygen atoms in total. The van der Waals surface area contributed by atoms with Gasteiger partial charge >= 0.3 is 0 Å². The van der Waals surface area contributed by atoms with Crippen LogP contribution in [-0.4, -0.2) is 23.4 Å². The molecule has 1 spiro atoms. The van der Waals surface area contributed by atoms with Crippen molar-refractivity contribution in [3.05, 3.63) is 29.6 Å². The van der Waals surface area contributed by atoms with Crippen molar-refractivity contribution in [2.45, 2.75) is 44.7 Å². The zero-order valence-corrected chi connectivity index (χ0v) is 13.1. The first kappa shape index (κ1) is 15.5. The van der Waals surface area contributed by atoms with Crippen molar-refractivity contribution in [2.75, 3.05) is 4.90 Å². The molecule has 0 unspecified atom stereocenters. The van der Waals surface area contributed by atoms with Crippen LogP contribution in [0.25, 0.3) is 0 Å². The van der Waals surface area contributed by atoms with Gasteiger partial charge in [0.1, 0.15) is 11.5 Å². The lowest BCUT2D eigenvalue weighted by Gasteiger charge is -2.46. The highest BCUT2D eigenvalue weighted by Crippen LogP contribution is 2.41. The highest BCUT2D eigenvalue weighted by molar-refractivity contribution is 6.10. The van der Waals surface area contributed by atoms with E-state index >= 15 is 0 Å². The van der Waals surface area contributed by atoms with Crippen LogP contribution in [0.1, 0.15) is 49.4 Å². The summed E-state index contributed by atoms with van der Waals surface area (Å²) in [6.07, 6.45) is 4.33. The van der Waals surface area contributed by atoms with E-state index in [1.807, 2.05) is 0 Å². The van der Waals surface area contributed by atoms with Gasteiger partial charge in [-0.15, -0.1) is 0 Å². The second-order valence-corrected chi connectivity index (χ2v) is 6.01. The molecule has 1 aromatic rings. The fraction of sp³-hybridized carbons (Fsp3) is 0.438. The summed E-state index contributed by atoms with van der Waals surface area (Å²) in [5.74, 6) is -0.578. The molecule has 1 saturated carbocycles. The maximum absolute atomic E-state index is 14.6. The smallest absolute Gasteiger partial charge is 0.220 e. The first-order valence-electron chi connectivity index (χ1n) is 7.74. The first-order chi connectivity index (χ1) is 10.9. The van der Waals surface area contributed by atoms with Crippen molar-refractivity contribution in [1.82, 2.24) is 0 Å². The van der Waals surface area contributed by atoms with Crippen molar-refractivity contribution < 1.29 is 9.18 Å². The maximum atomic E-state index is 14.6. The van der Waals surface area contributed by atoms with Gasteiger partial charge in [0, 0.05) is 5.56 Å². The van der Waals surface area contributed by atoms with E-state index in [-0.39, 0.29) is 29.0 Å². The predicted octanol–water partition coefficient (Wildman–Crippen LogP) is 2.14. The summed E-state index contributed by atoms with van der Waals surface area (Å²) in [7, 11) is 0. The fourth-order valence-corrected chi connectivity index (χ4v) is 3.47. The van der Waals surface area contributed by atoms with Crippen LogP contribution in [0.5, 0.6) is 0 Å². The number of Topliss-reactive ketones (excluding diaryl/α,β-unsaturated/α-hetero) is 1. The van der Waals surface area contributed by atoms with Crippen LogP contribution in [-0.2, 0) is 0 Å². The van der Waals surface area contributed by atoms with Crippen LogP contribution < -0.4 is 16.4 Å². The van der Waals surface area contributed by atoms with Crippen LogP contribution in [0.2, 0.25) is 0 Å². The molecule has 7 heteroatoms. The number of anilines is 1. The Kier molecular flexibility index (Phi) is 3.79. The average molecular weight is 317 g/mol. The predicted molar refractivity (Wildman–Crippen MR) is 87.9 cm³/mol. The molecule has 23 heavy (non-hydrogen) atoms. The molecule has 1 aliphatic heterocycles. The number of carbonyl (C=O) groups is 1. The summed E-state index contributed by atoms with van der Waals surface area (Å²) >= 11 is 0. The summed E-state index contributed by atoms with van der Waals surface area (Å²) < 4.78 is 14.6. The quantitative estimate of drug-likeness (QED) is 0.817. The molecule has 2 aliphatic rings. The molecule has 122 valence electrons. The molecule has 0 amide bonds. The lowest BCUT2D eigenvalue weighted by Crippen LogP contribution is -2.59. The Balaban J connectivity index is 2.21. The number of nitrogens with zero attached hydrogens (tertiary/aromatic N) is 3. The lowest BCUT2D eigenvalue weighted by atomic mass is 9.86. The van der Waals surface area contributed by atoms with E-state index in [1.54, 1.807) is 11.0 Å². The van der Waals surface area contributed by atoms with Gasteiger partial charge in [-0.2, -0.15) is 4.99 Å². The minimum Gasteiger partial charge on any atom is -0.369 e. The SMILES string of the molecule is CC(=O)c1cccc(F)c1N1C(N)=NC(N)=NC12CCCCC2. The zero-order chi connectivity index (χ0) is 16.6. The van der Waals surface area contributed by atoms with Crippen molar-refractivity contribution in [1.29, 1.82) is 0 Å². The Hall–Kier alpha value is -2.44. The first-order valence-corrected chi connectivity index (χ1v) is 7.74. The second kappa shape index (κ2) is 5.64. The van der Waals surface area contributed by atoms with Gasteiger partial charge in [0.15, 0.2) is 5.78 Å². The molecule has 4 N–H and O–H groups in total. The number of benzene rings is 1. The number of hydrogen-bond donors (Lipinski definition) is 2. The van der Waals surface area contributed by atoms with E-state index < -0.39 is 11.5 Å². The molecule has 1 aromatic carbocycles. The molecular formula is C16H20FN5O. The lowest BCUT2D eigenvalue weighted by molar-refractivity contribution is 0.101. The van der Waals surface area contributed by atoms with E-state index in [9.17, 15) is 9.18 Å². The molecule has 0 radical (unpaired) electrons. The van der Waals surface area contributed by atoms with Gasteiger partial charge in [-0.05, 0) is 44.7 Å². The van der Waals surface area contributed by atoms with Gasteiger partial charge < -0.3 is 11.5 Å². The highest BCUT2D eigenvalue weighted by Gasteiger charge is 2.44. The van der Waals surface area contributed by atoms with Gasteiger partial charge in [0.05, 0.1) is 5.69 Å². The third kappa shape index (κ3) is 2.56. The van der Waals surface area contributed by atoms with Crippen LogP contribution in [0.15, 0.2) is 28.2 Å². The summed E-state index contributed by atoms with van der Waals surface area (Å²) in [6, 6.07) is 4.41. The third-order valence-electron chi connectivity index (χ3n) is 4.44. The van der Waals surface area contributed by atoms with E-state index in [0.29, 0.717) is 12.8 Å². The summed E-state index contributed by atoms with van der Waals surface area (Å²) in [5, 5.41) is 0. The molecule has 0 atom stereocenters. The monoisotopic (exact) mass is 317 g/mol. The Morgan fingerprint density at radius 2 is 1.96 bits per heavy atom. The number of aliphatic imine (C=N–C) groups is 2. The second-order valence-electron chi connectivity index (χ2n) is 6.01. The zero-order valence-electron chi connectivity index (χ0n) is 13.1. The van der Waals surface area contributed by atoms with E-state index in [0.717, 1.165) is 19.3 Å². The molecule has 0 aromatic heterocycles. The summed E-state index contributed by atoms with van der Waals surface area (Å²) in [6.45, 7) is 1.40. The molecule has 1 aliphatic carbocycles. The average Bonchev–Trinajstić information content (AvgIpc) is 2.48. The van der Waals surface area contributed by atoms with E-state index in [1.165, 1.54) is 19.1 Å². The minimum absolute atomic E-state index is 0.0759. The molecular weight excluding hydrogens is 297 g/mol. The number of hydrogen-bond acceptors (Lipinski definition) is 6. The molecule has 3 rings (SSSR count). The Labute approximate surface area is 134 Å². The number of guanidine groups is 2.